The maximum absolute atomic E-state index is 12.5. The maximum atomic E-state index is 12.5. The lowest BCUT2D eigenvalue weighted by Gasteiger charge is -2.36. The zero-order valence-electron chi connectivity index (χ0n) is 17.8. The van der Waals surface area contributed by atoms with Crippen LogP contribution in [0.25, 0.3) is 0 Å². The number of rotatable bonds is 6. The fourth-order valence-corrected chi connectivity index (χ4v) is 3.76. The number of amides is 2. The highest BCUT2D eigenvalue weighted by Crippen LogP contribution is 2.27. The van der Waals surface area contributed by atoms with Crippen molar-refractivity contribution in [3.63, 3.8) is 0 Å². The van der Waals surface area contributed by atoms with Crippen molar-refractivity contribution in [1.29, 1.82) is 0 Å². The van der Waals surface area contributed by atoms with Gasteiger partial charge in [-0.05, 0) is 61.2 Å². The summed E-state index contributed by atoms with van der Waals surface area (Å²) in [4.78, 5) is 16.8. The molecule has 156 valence electrons. The van der Waals surface area contributed by atoms with Crippen LogP contribution in [0.3, 0.4) is 0 Å². The number of hydrogen-bond donors (Lipinski definition) is 1. The lowest BCUT2D eigenvalue weighted by molar-refractivity contribution is 0.194. The van der Waals surface area contributed by atoms with E-state index in [1.807, 2.05) is 23.1 Å². The molecule has 0 aliphatic carbocycles. The van der Waals surface area contributed by atoms with E-state index in [-0.39, 0.29) is 6.03 Å². The second kappa shape index (κ2) is 9.54. The third-order valence-electron chi connectivity index (χ3n) is 5.28. The molecule has 3 rings (SSSR count). The standard InChI is InChI=1S/C23H31N3O3/c1-17-13-18(2)15-20(14-17)25-9-11-26(12-10-25)23(27)24-8-7-19-5-6-21(28-3)22(16-19)29-4/h5-6,13-16H,7-12H2,1-4H3,(H,24,27). The molecule has 0 unspecified atom stereocenters. The van der Waals surface area contributed by atoms with E-state index in [1.165, 1.54) is 16.8 Å². The van der Waals surface area contributed by atoms with Gasteiger partial charge in [0.25, 0.3) is 0 Å². The summed E-state index contributed by atoms with van der Waals surface area (Å²) in [6.07, 6.45) is 0.745. The Morgan fingerprint density at radius 3 is 2.21 bits per heavy atom. The monoisotopic (exact) mass is 397 g/mol. The summed E-state index contributed by atoms with van der Waals surface area (Å²) in [6, 6.07) is 12.5. The van der Waals surface area contributed by atoms with E-state index in [1.54, 1.807) is 14.2 Å². The first-order chi connectivity index (χ1) is 14.0. The quantitative estimate of drug-likeness (QED) is 0.812. The molecule has 2 aromatic rings. The highest BCUT2D eigenvalue weighted by Gasteiger charge is 2.21. The minimum absolute atomic E-state index is 0.00514. The van der Waals surface area contributed by atoms with Gasteiger partial charge in [0.15, 0.2) is 11.5 Å². The van der Waals surface area contributed by atoms with Gasteiger partial charge in [-0.15, -0.1) is 0 Å². The number of carbonyl (C=O) groups excluding carboxylic acids is 1. The molecule has 0 aromatic heterocycles. The highest BCUT2D eigenvalue weighted by atomic mass is 16.5. The topological polar surface area (TPSA) is 54.0 Å². The van der Waals surface area contributed by atoms with Gasteiger partial charge in [-0.3, -0.25) is 0 Å². The van der Waals surface area contributed by atoms with Crippen LogP contribution in [-0.2, 0) is 6.42 Å². The SMILES string of the molecule is COc1ccc(CCNC(=O)N2CCN(c3cc(C)cc(C)c3)CC2)cc1OC. The van der Waals surface area contributed by atoms with E-state index in [9.17, 15) is 4.79 Å². The van der Waals surface area contributed by atoms with Gasteiger partial charge in [0.2, 0.25) is 0 Å². The Kier molecular flexibility index (Phi) is 6.86. The van der Waals surface area contributed by atoms with Gasteiger partial charge in [0.1, 0.15) is 0 Å². The molecular formula is C23H31N3O3. The Morgan fingerprint density at radius 1 is 0.931 bits per heavy atom. The maximum Gasteiger partial charge on any atom is 0.317 e. The lowest BCUT2D eigenvalue weighted by atomic mass is 10.1. The number of urea groups is 1. The molecule has 1 heterocycles. The van der Waals surface area contributed by atoms with Crippen LogP contribution in [0.2, 0.25) is 0 Å². The van der Waals surface area contributed by atoms with Crippen molar-refractivity contribution < 1.29 is 14.3 Å². The third kappa shape index (κ3) is 5.34. The van der Waals surface area contributed by atoms with Gasteiger partial charge >= 0.3 is 6.03 Å². The average Bonchev–Trinajstić information content (AvgIpc) is 2.73. The molecule has 0 spiro atoms. The van der Waals surface area contributed by atoms with E-state index in [2.05, 4.69) is 42.3 Å². The van der Waals surface area contributed by atoms with Crippen LogP contribution in [0.4, 0.5) is 10.5 Å². The van der Waals surface area contributed by atoms with Gasteiger partial charge in [-0.25, -0.2) is 4.79 Å². The average molecular weight is 398 g/mol. The first-order valence-electron chi connectivity index (χ1n) is 10.1. The summed E-state index contributed by atoms with van der Waals surface area (Å²) in [5.41, 5.74) is 4.89. The van der Waals surface area contributed by atoms with E-state index in [4.69, 9.17) is 9.47 Å². The molecule has 1 saturated heterocycles. The molecule has 0 bridgehead atoms. The molecular weight excluding hydrogens is 366 g/mol. The van der Waals surface area contributed by atoms with E-state index < -0.39 is 0 Å². The molecule has 2 aromatic carbocycles. The molecule has 0 saturated carbocycles. The molecule has 6 nitrogen and oxygen atoms in total. The Labute approximate surface area is 173 Å². The number of carbonyl (C=O) groups is 1. The summed E-state index contributed by atoms with van der Waals surface area (Å²) in [6.45, 7) is 8.01. The van der Waals surface area contributed by atoms with Crippen LogP contribution in [-0.4, -0.2) is 57.9 Å². The fourth-order valence-electron chi connectivity index (χ4n) is 3.76. The molecule has 0 atom stereocenters. The summed E-state index contributed by atoms with van der Waals surface area (Å²) in [7, 11) is 3.25. The molecule has 6 heteroatoms. The Balaban J connectivity index is 1.46. The van der Waals surface area contributed by atoms with Crippen LogP contribution < -0.4 is 19.7 Å². The van der Waals surface area contributed by atoms with E-state index >= 15 is 0 Å². The summed E-state index contributed by atoms with van der Waals surface area (Å²) >= 11 is 0. The summed E-state index contributed by atoms with van der Waals surface area (Å²) in [5.74, 6) is 1.42. The molecule has 2 amide bonds. The number of methoxy groups -OCH3 is 2. The zero-order valence-corrected chi connectivity index (χ0v) is 17.8. The second-order valence-electron chi connectivity index (χ2n) is 7.49. The van der Waals surface area contributed by atoms with Gasteiger partial charge < -0.3 is 24.6 Å². The van der Waals surface area contributed by atoms with Crippen molar-refractivity contribution in [2.45, 2.75) is 20.3 Å². The van der Waals surface area contributed by atoms with E-state index in [0.717, 1.165) is 38.2 Å². The van der Waals surface area contributed by atoms with Crippen molar-refractivity contribution in [2.24, 2.45) is 0 Å². The van der Waals surface area contributed by atoms with Crippen LogP contribution >= 0.6 is 0 Å². The van der Waals surface area contributed by atoms with Crippen LogP contribution in [0.15, 0.2) is 36.4 Å². The van der Waals surface area contributed by atoms with Crippen molar-refractivity contribution in [3.8, 4) is 11.5 Å². The number of hydrogen-bond acceptors (Lipinski definition) is 4. The Morgan fingerprint density at radius 2 is 1.59 bits per heavy atom. The molecule has 1 aliphatic heterocycles. The van der Waals surface area contributed by atoms with Gasteiger partial charge in [0, 0.05) is 38.4 Å². The number of anilines is 1. The number of aryl methyl sites for hydroxylation is 2. The summed E-state index contributed by atoms with van der Waals surface area (Å²) < 4.78 is 10.6. The van der Waals surface area contributed by atoms with Crippen molar-refractivity contribution in [1.82, 2.24) is 10.2 Å². The summed E-state index contributed by atoms with van der Waals surface area (Å²) in [5, 5.41) is 3.04. The Bertz CT molecular complexity index is 825. The first-order valence-corrected chi connectivity index (χ1v) is 10.1. The predicted molar refractivity (Wildman–Crippen MR) is 116 cm³/mol. The minimum atomic E-state index is 0.00514. The smallest absolute Gasteiger partial charge is 0.317 e. The van der Waals surface area contributed by atoms with Gasteiger partial charge in [-0.1, -0.05) is 12.1 Å². The largest absolute Gasteiger partial charge is 0.493 e. The number of ether oxygens (including phenoxy) is 2. The number of nitrogens with zero attached hydrogens (tertiary/aromatic N) is 2. The Hall–Kier alpha value is -2.89. The van der Waals surface area contributed by atoms with Crippen LogP contribution in [0.5, 0.6) is 11.5 Å². The number of benzene rings is 2. The molecule has 0 radical (unpaired) electrons. The van der Waals surface area contributed by atoms with E-state index in [0.29, 0.717) is 18.0 Å². The number of nitrogens with one attached hydrogen (secondary N) is 1. The fraction of sp³-hybridized carbons (Fsp3) is 0.435. The predicted octanol–water partition coefficient (Wildman–Crippen LogP) is 3.39. The molecule has 1 aliphatic rings. The molecule has 1 fully saturated rings. The van der Waals surface area contributed by atoms with Crippen molar-refractivity contribution in [2.75, 3.05) is 51.8 Å². The van der Waals surface area contributed by atoms with Gasteiger partial charge in [0.05, 0.1) is 14.2 Å². The van der Waals surface area contributed by atoms with Crippen molar-refractivity contribution in [3.05, 3.63) is 53.1 Å². The zero-order chi connectivity index (χ0) is 20.8. The lowest BCUT2D eigenvalue weighted by Crippen LogP contribution is -2.52. The highest BCUT2D eigenvalue weighted by molar-refractivity contribution is 5.74. The van der Waals surface area contributed by atoms with Gasteiger partial charge in [-0.2, -0.15) is 0 Å². The van der Waals surface area contributed by atoms with Crippen molar-refractivity contribution >= 4 is 11.7 Å². The van der Waals surface area contributed by atoms with Crippen LogP contribution in [0.1, 0.15) is 16.7 Å². The third-order valence-corrected chi connectivity index (χ3v) is 5.28. The first kappa shape index (κ1) is 20.8. The molecule has 1 N–H and O–H groups in total. The number of piperazine rings is 1. The minimum Gasteiger partial charge on any atom is -0.493 e. The molecule has 29 heavy (non-hydrogen) atoms. The second-order valence-corrected chi connectivity index (χ2v) is 7.49. The normalized spacial score (nSPS) is 13.9. The van der Waals surface area contributed by atoms with Crippen LogP contribution in [0, 0.1) is 13.8 Å².